The van der Waals surface area contributed by atoms with E-state index < -0.39 is 0 Å². The lowest BCUT2D eigenvalue weighted by atomic mass is 10.2. The van der Waals surface area contributed by atoms with E-state index in [0.717, 1.165) is 36.9 Å². The monoisotopic (exact) mass is 338 g/mol. The van der Waals surface area contributed by atoms with Crippen molar-refractivity contribution < 1.29 is 9.53 Å². The highest BCUT2D eigenvalue weighted by Gasteiger charge is 2.19. The molecule has 126 valence electrons. The molecule has 1 aliphatic heterocycles. The van der Waals surface area contributed by atoms with Crippen LogP contribution in [0.4, 0.5) is 5.69 Å². The highest BCUT2D eigenvalue weighted by molar-refractivity contribution is 6.30. The van der Waals surface area contributed by atoms with Crippen molar-refractivity contribution in [2.75, 3.05) is 44.7 Å². The number of methoxy groups -OCH3 is 1. The fraction of sp³-hybridized carbons (Fsp3) is 0.500. The van der Waals surface area contributed by atoms with E-state index in [0.29, 0.717) is 12.5 Å². The minimum atomic E-state index is -0.283. The number of nitrogens with two attached hydrogens (primary N) is 1. The number of ether oxygens (including phenoxy) is 1. The molecule has 1 aromatic carbocycles. The van der Waals surface area contributed by atoms with Crippen LogP contribution in [-0.2, 0) is 9.53 Å². The van der Waals surface area contributed by atoms with Crippen LogP contribution in [0.2, 0.25) is 5.02 Å². The van der Waals surface area contributed by atoms with E-state index in [1.54, 1.807) is 6.92 Å². The Labute approximate surface area is 141 Å². The van der Waals surface area contributed by atoms with Crippen LogP contribution in [0.25, 0.3) is 0 Å². The third-order valence-electron chi connectivity index (χ3n) is 3.93. The van der Waals surface area contributed by atoms with Crippen molar-refractivity contribution in [3.05, 3.63) is 29.3 Å². The van der Waals surface area contributed by atoms with Crippen LogP contribution in [0.5, 0.6) is 0 Å². The summed E-state index contributed by atoms with van der Waals surface area (Å²) < 4.78 is 4.68. The van der Waals surface area contributed by atoms with E-state index >= 15 is 0 Å². The van der Waals surface area contributed by atoms with Gasteiger partial charge in [-0.2, -0.15) is 0 Å². The average molecular weight is 339 g/mol. The third-order valence-corrected chi connectivity index (χ3v) is 4.18. The van der Waals surface area contributed by atoms with E-state index in [4.69, 9.17) is 17.3 Å². The van der Waals surface area contributed by atoms with Gasteiger partial charge in [0.25, 0.3) is 0 Å². The largest absolute Gasteiger partial charge is 0.469 e. The first-order chi connectivity index (χ1) is 11.0. The molecule has 0 saturated carbocycles. The number of nitrogens with zero attached hydrogens (tertiary/aromatic N) is 3. The van der Waals surface area contributed by atoms with Crippen molar-refractivity contribution in [2.24, 2.45) is 16.6 Å². The van der Waals surface area contributed by atoms with Gasteiger partial charge in [-0.3, -0.25) is 9.79 Å². The predicted octanol–water partition coefficient (Wildman–Crippen LogP) is 1.59. The van der Waals surface area contributed by atoms with Gasteiger partial charge in [0.05, 0.1) is 19.6 Å². The van der Waals surface area contributed by atoms with Gasteiger partial charge < -0.3 is 20.3 Å². The topological polar surface area (TPSA) is 71.2 Å². The molecular formula is C16H23ClN4O2. The summed E-state index contributed by atoms with van der Waals surface area (Å²) in [6, 6.07) is 7.83. The number of esters is 1. The van der Waals surface area contributed by atoms with Gasteiger partial charge in [0, 0.05) is 36.9 Å². The summed E-state index contributed by atoms with van der Waals surface area (Å²) in [4.78, 5) is 20.0. The smallest absolute Gasteiger partial charge is 0.310 e. The first-order valence-electron chi connectivity index (χ1n) is 7.64. The molecule has 0 radical (unpaired) electrons. The first-order valence-corrected chi connectivity index (χ1v) is 8.02. The van der Waals surface area contributed by atoms with E-state index in [-0.39, 0.29) is 11.9 Å². The molecule has 1 saturated heterocycles. The van der Waals surface area contributed by atoms with E-state index in [9.17, 15) is 4.79 Å². The van der Waals surface area contributed by atoms with Gasteiger partial charge >= 0.3 is 5.97 Å². The number of guanidine groups is 1. The van der Waals surface area contributed by atoms with Gasteiger partial charge in [-0.05, 0) is 24.3 Å². The molecular weight excluding hydrogens is 316 g/mol. The molecule has 1 aromatic rings. The minimum absolute atomic E-state index is 0.269. The van der Waals surface area contributed by atoms with Crippen LogP contribution in [0.1, 0.15) is 6.92 Å². The molecule has 1 unspecified atom stereocenters. The molecule has 7 heteroatoms. The lowest BCUT2D eigenvalue weighted by molar-refractivity contribution is -0.144. The second kappa shape index (κ2) is 8.06. The molecule has 1 heterocycles. The molecule has 0 aliphatic carbocycles. The highest BCUT2D eigenvalue weighted by atomic mass is 35.5. The lowest BCUT2D eigenvalue weighted by Crippen LogP contribution is -2.51. The molecule has 23 heavy (non-hydrogen) atoms. The molecule has 1 aliphatic rings. The maximum absolute atomic E-state index is 11.4. The number of carbonyl (C=O) groups is 1. The molecule has 1 atom stereocenters. The quantitative estimate of drug-likeness (QED) is 0.513. The van der Waals surface area contributed by atoms with Gasteiger partial charge in [0.1, 0.15) is 0 Å². The zero-order valence-electron chi connectivity index (χ0n) is 13.5. The molecule has 6 nitrogen and oxygen atoms in total. The number of hydrogen-bond donors (Lipinski definition) is 1. The number of halogens is 1. The maximum Gasteiger partial charge on any atom is 0.310 e. The van der Waals surface area contributed by atoms with Gasteiger partial charge in [0.15, 0.2) is 5.96 Å². The number of aliphatic imine (C=N–C) groups is 1. The van der Waals surface area contributed by atoms with Crippen molar-refractivity contribution >= 4 is 29.2 Å². The number of hydrogen-bond acceptors (Lipinski definition) is 4. The Morgan fingerprint density at radius 3 is 2.48 bits per heavy atom. The van der Waals surface area contributed by atoms with Crippen molar-refractivity contribution in [3.8, 4) is 0 Å². The van der Waals surface area contributed by atoms with Crippen LogP contribution in [0.3, 0.4) is 0 Å². The SMILES string of the molecule is COC(=O)C(C)CN=C(N)N1CCN(c2ccc(Cl)cc2)CC1. The van der Waals surface area contributed by atoms with Gasteiger partial charge in [-0.25, -0.2) is 0 Å². The van der Waals surface area contributed by atoms with Crippen LogP contribution in [0, 0.1) is 5.92 Å². The third kappa shape index (κ3) is 4.76. The Morgan fingerprint density at radius 1 is 1.30 bits per heavy atom. The number of carbonyl (C=O) groups excluding carboxylic acids is 1. The summed E-state index contributed by atoms with van der Waals surface area (Å²) >= 11 is 5.92. The standard InChI is InChI=1S/C16H23ClN4O2/c1-12(15(22)23-2)11-19-16(18)21-9-7-20(8-10-21)14-5-3-13(17)4-6-14/h3-6,12H,7-11H2,1-2H3,(H2,18,19). The summed E-state index contributed by atoms with van der Waals surface area (Å²) in [5.41, 5.74) is 7.19. The minimum Gasteiger partial charge on any atom is -0.469 e. The number of benzene rings is 1. The van der Waals surface area contributed by atoms with Crippen LogP contribution in [0.15, 0.2) is 29.3 Å². The molecule has 0 bridgehead atoms. The van der Waals surface area contributed by atoms with Gasteiger partial charge in [-0.15, -0.1) is 0 Å². The molecule has 2 N–H and O–H groups in total. The van der Waals surface area contributed by atoms with Crippen molar-refractivity contribution in [3.63, 3.8) is 0 Å². The predicted molar refractivity (Wildman–Crippen MR) is 92.9 cm³/mol. The maximum atomic E-state index is 11.4. The Kier molecular flexibility index (Phi) is 6.10. The Balaban J connectivity index is 1.85. The van der Waals surface area contributed by atoms with E-state index in [1.807, 2.05) is 29.2 Å². The number of anilines is 1. The fourth-order valence-corrected chi connectivity index (χ4v) is 2.58. The van der Waals surface area contributed by atoms with Crippen molar-refractivity contribution in [2.45, 2.75) is 6.92 Å². The summed E-state index contributed by atoms with van der Waals surface area (Å²) in [7, 11) is 1.38. The summed E-state index contributed by atoms with van der Waals surface area (Å²) in [5.74, 6) is -0.0699. The second-order valence-electron chi connectivity index (χ2n) is 5.57. The Morgan fingerprint density at radius 2 is 1.91 bits per heavy atom. The van der Waals surface area contributed by atoms with Crippen molar-refractivity contribution in [1.29, 1.82) is 0 Å². The van der Waals surface area contributed by atoms with Crippen LogP contribution >= 0.6 is 11.6 Å². The fourth-order valence-electron chi connectivity index (χ4n) is 2.45. The first kappa shape index (κ1) is 17.4. The number of piperazine rings is 1. The van der Waals surface area contributed by atoms with E-state index in [1.165, 1.54) is 7.11 Å². The average Bonchev–Trinajstić information content (AvgIpc) is 2.59. The number of rotatable bonds is 4. The zero-order valence-corrected chi connectivity index (χ0v) is 14.3. The van der Waals surface area contributed by atoms with Crippen LogP contribution in [-0.4, -0.2) is 56.7 Å². The summed E-state index contributed by atoms with van der Waals surface area (Å²) in [6.07, 6.45) is 0. The molecule has 0 spiro atoms. The molecule has 0 aromatic heterocycles. The van der Waals surface area contributed by atoms with E-state index in [2.05, 4.69) is 14.6 Å². The van der Waals surface area contributed by atoms with Gasteiger partial charge in [-0.1, -0.05) is 18.5 Å². The second-order valence-corrected chi connectivity index (χ2v) is 6.01. The summed E-state index contributed by atoms with van der Waals surface area (Å²) in [6.45, 7) is 5.45. The molecule has 1 fully saturated rings. The molecule has 2 rings (SSSR count). The lowest BCUT2D eigenvalue weighted by Gasteiger charge is -2.36. The highest BCUT2D eigenvalue weighted by Crippen LogP contribution is 2.19. The van der Waals surface area contributed by atoms with Crippen LogP contribution < -0.4 is 10.6 Å². The summed E-state index contributed by atoms with van der Waals surface area (Å²) in [5, 5.41) is 0.739. The zero-order chi connectivity index (χ0) is 16.8. The Bertz CT molecular complexity index is 554. The van der Waals surface area contributed by atoms with Crippen molar-refractivity contribution in [1.82, 2.24) is 4.90 Å². The van der Waals surface area contributed by atoms with Gasteiger partial charge in [0.2, 0.25) is 0 Å². The normalized spacial score (nSPS) is 17.1. The Hall–Kier alpha value is -1.95. The molecule has 0 amide bonds.